The minimum atomic E-state index is -4.65. The van der Waals surface area contributed by atoms with Crippen LogP contribution in [0, 0.1) is 0 Å². The Bertz CT molecular complexity index is 1050. The van der Waals surface area contributed by atoms with Gasteiger partial charge < -0.3 is 4.90 Å². The number of rotatable bonds is 3. The second-order valence-electron chi connectivity index (χ2n) is 6.60. The SMILES string of the molecule is C[C@@H]1Cc2ccccc2N1C(=O)CSc1nc(C(F)(F)F)nc2ccccc12. The maximum absolute atomic E-state index is 13.1. The molecule has 2 heterocycles. The van der Waals surface area contributed by atoms with E-state index in [1.807, 2.05) is 31.2 Å². The lowest BCUT2D eigenvalue weighted by molar-refractivity contribution is -0.145. The molecule has 1 aliphatic rings. The molecule has 0 saturated heterocycles. The minimum absolute atomic E-state index is 0.00300. The molecule has 0 saturated carbocycles. The van der Waals surface area contributed by atoms with Crippen molar-refractivity contribution in [2.75, 3.05) is 10.7 Å². The summed E-state index contributed by atoms with van der Waals surface area (Å²) in [6.07, 6.45) is -3.88. The summed E-state index contributed by atoms with van der Waals surface area (Å²) in [5.41, 5.74) is 2.17. The predicted octanol–water partition coefficient (Wildman–Crippen LogP) is 4.72. The summed E-state index contributed by atoms with van der Waals surface area (Å²) in [6.45, 7) is 1.96. The number of para-hydroxylation sites is 2. The zero-order chi connectivity index (χ0) is 19.9. The Morgan fingerprint density at radius 1 is 1.14 bits per heavy atom. The second-order valence-corrected chi connectivity index (χ2v) is 7.57. The number of thioether (sulfide) groups is 1. The average molecular weight is 403 g/mol. The topological polar surface area (TPSA) is 46.1 Å². The molecule has 3 aromatic rings. The molecule has 4 nitrogen and oxygen atoms in total. The van der Waals surface area contributed by atoms with Gasteiger partial charge in [0, 0.05) is 17.1 Å². The lowest BCUT2D eigenvalue weighted by Gasteiger charge is -2.22. The van der Waals surface area contributed by atoms with E-state index in [9.17, 15) is 18.0 Å². The van der Waals surface area contributed by atoms with Gasteiger partial charge in [0.25, 0.3) is 0 Å². The number of halogens is 3. The molecule has 0 bridgehead atoms. The molecule has 2 aromatic carbocycles. The molecule has 1 amide bonds. The van der Waals surface area contributed by atoms with Crippen molar-refractivity contribution >= 4 is 34.3 Å². The predicted molar refractivity (Wildman–Crippen MR) is 102 cm³/mol. The smallest absolute Gasteiger partial charge is 0.308 e. The van der Waals surface area contributed by atoms with Crippen LogP contribution in [0.25, 0.3) is 10.9 Å². The summed E-state index contributed by atoms with van der Waals surface area (Å²) < 4.78 is 39.4. The van der Waals surface area contributed by atoms with Crippen LogP contribution in [-0.2, 0) is 17.4 Å². The number of hydrogen-bond donors (Lipinski definition) is 0. The molecule has 0 unspecified atom stereocenters. The monoisotopic (exact) mass is 403 g/mol. The fourth-order valence-electron chi connectivity index (χ4n) is 3.43. The highest BCUT2D eigenvalue weighted by atomic mass is 32.2. The van der Waals surface area contributed by atoms with Gasteiger partial charge in [-0.25, -0.2) is 9.97 Å². The molecule has 1 aromatic heterocycles. The van der Waals surface area contributed by atoms with Gasteiger partial charge in [-0.2, -0.15) is 13.2 Å². The Morgan fingerprint density at radius 2 is 1.86 bits per heavy atom. The molecule has 0 radical (unpaired) electrons. The first kappa shape index (κ1) is 18.7. The van der Waals surface area contributed by atoms with E-state index in [2.05, 4.69) is 9.97 Å². The van der Waals surface area contributed by atoms with Crippen LogP contribution in [0.4, 0.5) is 18.9 Å². The molecule has 4 rings (SSSR count). The standard InChI is InChI=1S/C20H16F3N3OS/c1-12-10-13-6-2-5-9-16(13)26(12)17(27)11-28-18-14-7-3-4-8-15(14)24-19(25-18)20(21,22)23/h2-9,12H,10-11H2,1H3/t12-/m1/s1. The van der Waals surface area contributed by atoms with Crippen LogP contribution in [0.3, 0.4) is 0 Å². The molecule has 0 spiro atoms. The van der Waals surface area contributed by atoms with Crippen molar-refractivity contribution in [3.05, 3.63) is 59.9 Å². The van der Waals surface area contributed by atoms with E-state index in [0.29, 0.717) is 5.39 Å². The van der Waals surface area contributed by atoms with Gasteiger partial charge in [-0.05, 0) is 31.0 Å². The zero-order valence-electron chi connectivity index (χ0n) is 14.9. The maximum atomic E-state index is 13.1. The van der Waals surface area contributed by atoms with Gasteiger partial charge in [-0.1, -0.05) is 48.2 Å². The third-order valence-electron chi connectivity index (χ3n) is 4.63. The lowest BCUT2D eigenvalue weighted by Crippen LogP contribution is -2.37. The Morgan fingerprint density at radius 3 is 2.64 bits per heavy atom. The van der Waals surface area contributed by atoms with Crippen molar-refractivity contribution in [1.82, 2.24) is 9.97 Å². The molecule has 28 heavy (non-hydrogen) atoms. The third kappa shape index (κ3) is 3.44. The van der Waals surface area contributed by atoms with Gasteiger partial charge in [-0.15, -0.1) is 0 Å². The van der Waals surface area contributed by atoms with Gasteiger partial charge in [0.1, 0.15) is 5.03 Å². The van der Waals surface area contributed by atoms with Gasteiger partial charge >= 0.3 is 6.18 Å². The van der Waals surface area contributed by atoms with Crippen molar-refractivity contribution < 1.29 is 18.0 Å². The highest BCUT2D eigenvalue weighted by Crippen LogP contribution is 2.35. The summed E-state index contributed by atoms with van der Waals surface area (Å²) in [5.74, 6) is -1.35. The third-order valence-corrected chi connectivity index (χ3v) is 5.61. The van der Waals surface area contributed by atoms with Crippen LogP contribution in [0.15, 0.2) is 53.6 Å². The molecule has 8 heteroatoms. The maximum Gasteiger partial charge on any atom is 0.451 e. The van der Waals surface area contributed by atoms with Crippen molar-refractivity contribution in [1.29, 1.82) is 0 Å². The first-order valence-corrected chi connectivity index (χ1v) is 9.70. The number of carbonyl (C=O) groups is 1. The number of hydrogen-bond acceptors (Lipinski definition) is 4. The summed E-state index contributed by atoms with van der Waals surface area (Å²) in [6, 6.07) is 14.2. The van der Waals surface area contributed by atoms with Crippen LogP contribution < -0.4 is 4.90 Å². The highest BCUT2D eigenvalue weighted by Gasteiger charge is 2.36. The van der Waals surface area contributed by atoms with Gasteiger partial charge in [0.2, 0.25) is 11.7 Å². The highest BCUT2D eigenvalue weighted by molar-refractivity contribution is 8.00. The molecule has 0 aliphatic carbocycles. The summed E-state index contributed by atoms with van der Waals surface area (Å²) >= 11 is 1.01. The average Bonchev–Trinajstić information content (AvgIpc) is 3.00. The lowest BCUT2D eigenvalue weighted by atomic mass is 10.1. The van der Waals surface area contributed by atoms with Crippen molar-refractivity contribution in [2.24, 2.45) is 0 Å². The van der Waals surface area contributed by atoms with Gasteiger partial charge in [0.05, 0.1) is 11.3 Å². The Balaban J connectivity index is 1.62. The number of aromatic nitrogens is 2. The molecule has 144 valence electrons. The van der Waals surface area contributed by atoms with Crippen molar-refractivity contribution in [3.8, 4) is 0 Å². The molecule has 1 atom stereocenters. The normalized spacial score (nSPS) is 16.4. The fraction of sp³-hybridized carbons (Fsp3) is 0.250. The number of anilines is 1. The number of amides is 1. The zero-order valence-corrected chi connectivity index (χ0v) is 15.7. The van der Waals surface area contributed by atoms with E-state index >= 15 is 0 Å². The summed E-state index contributed by atoms with van der Waals surface area (Å²) in [4.78, 5) is 21.9. The van der Waals surface area contributed by atoms with Crippen LogP contribution in [0.2, 0.25) is 0 Å². The molecular formula is C20H16F3N3OS. The number of nitrogens with zero attached hydrogens (tertiary/aromatic N) is 3. The van der Waals surface area contributed by atoms with E-state index in [1.54, 1.807) is 23.1 Å². The number of benzene rings is 2. The largest absolute Gasteiger partial charge is 0.451 e. The van der Waals surface area contributed by atoms with E-state index in [1.165, 1.54) is 6.07 Å². The van der Waals surface area contributed by atoms with Crippen LogP contribution in [0.5, 0.6) is 0 Å². The second kappa shape index (κ2) is 7.09. The Hall–Kier alpha value is -2.61. The van der Waals surface area contributed by atoms with Gasteiger partial charge in [-0.3, -0.25) is 4.79 Å². The van der Waals surface area contributed by atoms with E-state index in [4.69, 9.17) is 0 Å². The van der Waals surface area contributed by atoms with Crippen molar-refractivity contribution in [3.63, 3.8) is 0 Å². The van der Waals surface area contributed by atoms with Gasteiger partial charge in [0.15, 0.2) is 0 Å². The molecular weight excluding hydrogens is 387 g/mol. The van der Waals surface area contributed by atoms with Crippen LogP contribution in [-0.4, -0.2) is 27.7 Å². The van der Waals surface area contributed by atoms with E-state index in [-0.39, 0.29) is 28.2 Å². The first-order chi connectivity index (χ1) is 13.3. The summed E-state index contributed by atoms with van der Waals surface area (Å²) in [7, 11) is 0. The Kier molecular flexibility index (Phi) is 4.74. The minimum Gasteiger partial charge on any atom is -0.308 e. The van der Waals surface area contributed by atoms with E-state index < -0.39 is 12.0 Å². The summed E-state index contributed by atoms with van der Waals surface area (Å²) in [5, 5.41) is 0.662. The molecule has 1 aliphatic heterocycles. The van der Waals surface area contributed by atoms with Crippen molar-refractivity contribution in [2.45, 2.75) is 30.6 Å². The number of alkyl halides is 3. The van der Waals surface area contributed by atoms with Crippen LogP contribution >= 0.6 is 11.8 Å². The number of carbonyl (C=O) groups excluding carboxylic acids is 1. The Labute approximate surface area is 163 Å². The molecule has 0 N–H and O–H groups in total. The van der Waals surface area contributed by atoms with Crippen LogP contribution in [0.1, 0.15) is 18.3 Å². The fourth-order valence-corrected chi connectivity index (χ4v) is 4.31. The quantitative estimate of drug-likeness (QED) is 0.469. The first-order valence-electron chi connectivity index (χ1n) is 8.71. The van der Waals surface area contributed by atoms with E-state index in [0.717, 1.165) is 29.4 Å². The number of fused-ring (bicyclic) bond motifs is 2. The molecule has 0 fully saturated rings.